The molecular weight excluding hydrogens is 352 g/mol. The Hall–Kier alpha value is -2.32. The molecule has 1 saturated carbocycles. The predicted octanol–water partition coefficient (Wildman–Crippen LogP) is 0.788. The number of ether oxygens (including phenoxy) is 1. The first-order valence-corrected chi connectivity index (χ1v) is 9.72. The zero-order valence-electron chi connectivity index (χ0n) is 16.0. The average Bonchev–Trinajstić information content (AvgIpc) is 2.89. The van der Waals surface area contributed by atoms with E-state index >= 15 is 0 Å². The Morgan fingerprint density at radius 1 is 1.15 bits per heavy atom. The normalized spacial score (nSPS) is 28.5. The van der Waals surface area contributed by atoms with Gasteiger partial charge in [-0.15, -0.1) is 0 Å². The highest BCUT2D eigenvalue weighted by atomic mass is 16.6. The fraction of sp³-hybridized carbons (Fsp3) is 0.778. The Balaban J connectivity index is 1.58. The van der Waals surface area contributed by atoms with Gasteiger partial charge in [-0.2, -0.15) is 0 Å². The lowest BCUT2D eigenvalue weighted by Crippen LogP contribution is -2.55. The number of carbonyl (C=O) groups is 4. The van der Waals surface area contributed by atoms with Crippen LogP contribution in [0.15, 0.2) is 0 Å². The van der Waals surface area contributed by atoms with E-state index in [0.29, 0.717) is 39.2 Å². The molecule has 0 unspecified atom stereocenters. The summed E-state index contributed by atoms with van der Waals surface area (Å²) in [4.78, 5) is 53.9. The molecule has 150 valence electrons. The summed E-state index contributed by atoms with van der Waals surface area (Å²) in [6, 6.07) is -0.479. The summed E-state index contributed by atoms with van der Waals surface area (Å²) in [7, 11) is 0. The van der Waals surface area contributed by atoms with Crippen LogP contribution in [-0.4, -0.2) is 83.5 Å². The van der Waals surface area contributed by atoms with Crippen LogP contribution in [0.1, 0.15) is 39.5 Å². The number of urea groups is 1. The highest BCUT2D eigenvalue weighted by molar-refractivity contribution is 6.09. The van der Waals surface area contributed by atoms with E-state index in [1.165, 1.54) is 0 Å². The van der Waals surface area contributed by atoms with Gasteiger partial charge in [0, 0.05) is 26.2 Å². The Morgan fingerprint density at radius 2 is 1.81 bits per heavy atom. The fourth-order valence-corrected chi connectivity index (χ4v) is 4.23. The first-order valence-electron chi connectivity index (χ1n) is 9.72. The van der Waals surface area contributed by atoms with E-state index < -0.39 is 11.6 Å². The van der Waals surface area contributed by atoms with Crippen LogP contribution in [0.25, 0.3) is 0 Å². The van der Waals surface area contributed by atoms with Crippen LogP contribution in [0, 0.1) is 5.92 Å². The minimum atomic E-state index is -0.849. The third-order valence-electron chi connectivity index (χ3n) is 5.95. The Morgan fingerprint density at radius 3 is 2.44 bits per heavy atom. The summed E-state index contributed by atoms with van der Waals surface area (Å²) in [6.07, 6.45) is 3.08. The van der Waals surface area contributed by atoms with E-state index in [0.717, 1.165) is 24.2 Å². The van der Waals surface area contributed by atoms with Crippen LogP contribution in [0.3, 0.4) is 0 Å². The molecule has 0 radical (unpaired) electrons. The number of nitrogens with zero attached hydrogens (tertiary/aromatic N) is 3. The second-order valence-corrected chi connectivity index (χ2v) is 7.51. The number of imide groups is 1. The van der Waals surface area contributed by atoms with Gasteiger partial charge in [0.2, 0.25) is 5.91 Å². The van der Waals surface area contributed by atoms with Gasteiger partial charge in [0.15, 0.2) is 0 Å². The number of rotatable bonds is 3. The molecular formula is C18H28N4O5. The molecule has 0 aromatic rings. The topological polar surface area (TPSA) is 99.3 Å². The summed E-state index contributed by atoms with van der Waals surface area (Å²) in [5.41, 5.74) is -0.849. The number of carbonyl (C=O) groups excluding carboxylic acids is 4. The van der Waals surface area contributed by atoms with Crippen molar-refractivity contribution in [2.24, 2.45) is 5.92 Å². The largest absolute Gasteiger partial charge is 0.450 e. The average molecular weight is 380 g/mol. The van der Waals surface area contributed by atoms with Crippen LogP contribution in [0.5, 0.6) is 0 Å². The summed E-state index contributed by atoms with van der Waals surface area (Å²) in [5, 5.41) is 2.86. The van der Waals surface area contributed by atoms with Crippen molar-refractivity contribution in [3.63, 3.8) is 0 Å². The molecule has 3 aliphatic rings. The molecule has 1 N–H and O–H groups in total. The van der Waals surface area contributed by atoms with Crippen molar-refractivity contribution in [1.29, 1.82) is 0 Å². The van der Waals surface area contributed by atoms with Crippen LogP contribution >= 0.6 is 0 Å². The van der Waals surface area contributed by atoms with Crippen molar-refractivity contribution in [3.8, 4) is 0 Å². The van der Waals surface area contributed by atoms with Crippen molar-refractivity contribution in [2.45, 2.75) is 45.1 Å². The summed E-state index contributed by atoms with van der Waals surface area (Å²) in [6.45, 7) is 5.28. The molecule has 5 amide bonds. The molecule has 1 aliphatic carbocycles. The molecule has 2 saturated heterocycles. The number of amides is 5. The zero-order chi connectivity index (χ0) is 19.6. The van der Waals surface area contributed by atoms with Crippen molar-refractivity contribution < 1.29 is 23.9 Å². The minimum absolute atomic E-state index is 0.0657. The molecule has 0 aromatic carbocycles. The van der Waals surface area contributed by atoms with Gasteiger partial charge >= 0.3 is 12.1 Å². The maximum atomic E-state index is 12.9. The van der Waals surface area contributed by atoms with Crippen molar-refractivity contribution in [2.75, 3.05) is 39.3 Å². The number of nitrogens with one attached hydrogen (secondary N) is 1. The molecule has 0 aromatic heterocycles. The maximum Gasteiger partial charge on any atom is 0.409 e. The zero-order valence-corrected chi connectivity index (χ0v) is 16.0. The lowest BCUT2D eigenvalue weighted by Gasteiger charge is -2.37. The van der Waals surface area contributed by atoms with Crippen LogP contribution < -0.4 is 5.32 Å². The smallest absolute Gasteiger partial charge is 0.409 e. The van der Waals surface area contributed by atoms with Gasteiger partial charge in [-0.1, -0.05) is 19.8 Å². The summed E-state index contributed by atoms with van der Waals surface area (Å²) >= 11 is 0. The molecule has 3 rings (SSSR count). The molecule has 9 heteroatoms. The molecule has 2 atom stereocenters. The highest BCUT2D eigenvalue weighted by Crippen LogP contribution is 2.38. The van der Waals surface area contributed by atoms with Gasteiger partial charge in [0.05, 0.1) is 6.61 Å². The van der Waals surface area contributed by atoms with Gasteiger partial charge in [-0.3, -0.25) is 14.5 Å². The second kappa shape index (κ2) is 7.74. The third kappa shape index (κ3) is 3.59. The molecule has 2 heterocycles. The minimum Gasteiger partial charge on any atom is -0.450 e. The lowest BCUT2D eigenvalue weighted by molar-refractivity contribution is -0.141. The van der Waals surface area contributed by atoms with E-state index in [1.54, 1.807) is 16.7 Å². The van der Waals surface area contributed by atoms with Crippen LogP contribution in [0.2, 0.25) is 0 Å². The molecule has 27 heavy (non-hydrogen) atoms. The third-order valence-corrected chi connectivity index (χ3v) is 5.95. The van der Waals surface area contributed by atoms with E-state index in [9.17, 15) is 19.2 Å². The van der Waals surface area contributed by atoms with Crippen molar-refractivity contribution >= 4 is 23.9 Å². The first kappa shape index (κ1) is 19.4. The Labute approximate surface area is 159 Å². The number of hydrogen-bond donors (Lipinski definition) is 1. The van der Waals surface area contributed by atoms with Crippen molar-refractivity contribution in [3.05, 3.63) is 0 Å². The van der Waals surface area contributed by atoms with E-state index in [-0.39, 0.29) is 30.4 Å². The monoisotopic (exact) mass is 380 g/mol. The molecule has 9 nitrogen and oxygen atoms in total. The van der Waals surface area contributed by atoms with Gasteiger partial charge in [0.1, 0.15) is 12.1 Å². The first-order chi connectivity index (χ1) is 12.9. The van der Waals surface area contributed by atoms with E-state index in [1.807, 2.05) is 6.92 Å². The molecule has 2 aliphatic heterocycles. The second-order valence-electron chi connectivity index (χ2n) is 7.51. The van der Waals surface area contributed by atoms with Crippen LogP contribution in [-0.2, 0) is 14.3 Å². The quantitative estimate of drug-likeness (QED) is 0.730. The Kier molecular flexibility index (Phi) is 5.57. The summed E-state index contributed by atoms with van der Waals surface area (Å²) < 4.78 is 4.96. The SMILES string of the molecule is CCOC(=O)N1CCN(C(=O)CN2C(=O)N[C@]3(CCCC[C@H]3C)C2=O)CC1. The number of hydrogen-bond acceptors (Lipinski definition) is 5. The van der Waals surface area contributed by atoms with Gasteiger partial charge < -0.3 is 19.9 Å². The number of piperazine rings is 1. The molecule has 1 spiro atoms. The molecule has 3 fully saturated rings. The van der Waals surface area contributed by atoms with Gasteiger partial charge in [0.25, 0.3) is 5.91 Å². The molecule has 0 bridgehead atoms. The van der Waals surface area contributed by atoms with E-state index in [4.69, 9.17) is 4.74 Å². The van der Waals surface area contributed by atoms with E-state index in [2.05, 4.69) is 5.32 Å². The Bertz CT molecular complexity index is 631. The van der Waals surface area contributed by atoms with Gasteiger partial charge in [-0.05, 0) is 25.7 Å². The van der Waals surface area contributed by atoms with Crippen LogP contribution in [0.4, 0.5) is 9.59 Å². The highest BCUT2D eigenvalue weighted by Gasteiger charge is 2.55. The summed E-state index contributed by atoms with van der Waals surface area (Å²) in [5.74, 6) is -0.489. The predicted molar refractivity (Wildman–Crippen MR) is 95.8 cm³/mol. The fourth-order valence-electron chi connectivity index (χ4n) is 4.23. The van der Waals surface area contributed by atoms with Crippen molar-refractivity contribution in [1.82, 2.24) is 20.0 Å². The van der Waals surface area contributed by atoms with Gasteiger partial charge in [-0.25, -0.2) is 9.59 Å². The lowest BCUT2D eigenvalue weighted by atomic mass is 9.73. The standard InChI is InChI=1S/C18H28N4O5/c1-3-27-17(26)21-10-8-20(9-11-21)14(23)12-22-15(24)18(19-16(22)25)7-5-4-6-13(18)2/h13H,3-12H2,1-2H3,(H,19,25)/t13-,18+/m1/s1. The maximum absolute atomic E-state index is 12.9.